The lowest BCUT2D eigenvalue weighted by Gasteiger charge is -2.36. The molecule has 2 rings (SSSR count). The van der Waals surface area contributed by atoms with Gasteiger partial charge in [0.2, 0.25) is 0 Å². The van der Waals surface area contributed by atoms with Gasteiger partial charge in [-0.3, -0.25) is 0 Å². The van der Waals surface area contributed by atoms with Crippen LogP contribution in [-0.4, -0.2) is 10.7 Å². The quantitative estimate of drug-likeness (QED) is 0.711. The molecule has 0 aromatic carbocycles. The van der Waals surface area contributed by atoms with Crippen molar-refractivity contribution in [2.24, 2.45) is 11.8 Å². The molecule has 13 heavy (non-hydrogen) atoms. The van der Waals surface area contributed by atoms with Crippen LogP contribution in [0.2, 0.25) is 0 Å². The van der Waals surface area contributed by atoms with Crippen LogP contribution in [0.1, 0.15) is 58.3 Å². The van der Waals surface area contributed by atoms with Gasteiger partial charge in [0.15, 0.2) is 0 Å². The Labute approximate surface area is 81.5 Å². The van der Waals surface area contributed by atoms with Gasteiger partial charge in [-0.15, -0.1) is 0 Å². The first-order valence-corrected chi connectivity index (χ1v) is 5.94. The van der Waals surface area contributed by atoms with E-state index in [0.717, 1.165) is 31.1 Å². The Balaban J connectivity index is 1.80. The molecular formula is C12H22O. The highest BCUT2D eigenvalue weighted by atomic mass is 16.3. The third-order valence-electron chi connectivity index (χ3n) is 3.98. The molecule has 2 fully saturated rings. The highest BCUT2D eigenvalue weighted by molar-refractivity contribution is 4.90. The third kappa shape index (κ3) is 2.46. The molecule has 1 heteroatoms. The van der Waals surface area contributed by atoms with Crippen molar-refractivity contribution in [3.63, 3.8) is 0 Å². The molecule has 0 saturated heterocycles. The number of rotatable bonds is 3. The minimum Gasteiger partial charge on any atom is -0.390 e. The van der Waals surface area contributed by atoms with Crippen molar-refractivity contribution in [2.75, 3.05) is 0 Å². The second-order valence-electron chi connectivity index (χ2n) is 5.22. The van der Waals surface area contributed by atoms with Gasteiger partial charge in [0.05, 0.1) is 5.60 Å². The first-order valence-electron chi connectivity index (χ1n) is 5.94. The maximum Gasteiger partial charge on any atom is 0.0650 e. The molecule has 2 aliphatic carbocycles. The summed E-state index contributed by atoms with van der Waals surface area (Å²) < 4.78 is 0. The third-order valence-corrected chi connectivity index (χ3v) is 3.98. The highest BCUT2D eigenvalue weighted by Gasteiger charge is 2.37. The van der Waals surface area contributed by atoms with Crippen LogP contribution < -0.4 is 0 Å². The normalized spacial score (nSPS) is 40.6. The lowest BCUT2D eigenvalue weighted by atomic mass is 9.75. The average molecular weight is 182 g/mol. The van der Waals surface area contributed by atoms with E-state index in [9.17, 15) is 5.11 Å². The number of hydrogen-bond acceptors (Lipinski definition) is 1. The van der Waals surface area contributed by atoms with E-state index in [-0.39, 0.29) is 5.60 Å². The summed E-state index contributed by atoms with van der Waals surface area (Å²) >= 11 is 0. The van der Waals surface area contributed by atoms with Gasteiger partial charge in [-0.25, -0.2) is 0 Å². The van der Waals surface area contributed by atoms with Crippen LogP contribution in [0.25, 0.3) is 0 Å². The lowest BCUT2D eigenvalue weighted by Crippen LogP contribution is -2.34. The molecule has 0 aromatic rings. The Morgan fingerprint density at radius 3 is 2.15 bits per heavy atom. The van der Waals surface area contributed by atoms with Crippen molar-refractivity contribution in [1.82, 2.24) is 0 Å². The van der Waals surface area contributed by atoms with E-state index < -0.39 is 0 Å². The second kappa shape index (κ2) is 3.61. The van der Waals surface area contributed by atoms with E-state index in [0.29, 0.717) is 0 Å². The molecule has 0 heterocycles. The van der Waals surface area contributed by atoms with Crippen molar-refractivity contribution in [2.45, 2.75) is 63.9 Å². The number of hydrogen-bond donors (Lipinski definition) is 1. The molecule has 0 spiro atoms. The largest absolute Gasteiger partial charge is 0.390 e. The second-order valence-corrected chi connectivity index (χ2v) is 5.22. The summed E-state index contributed by atoms with van der Waals surface area (Å²) in [7, 11) is 0. The fourth-order valence-electron chi connectivity index (χ4n) is 2.69. The summed E-state index contributed by atoms with van der Waals surface area (Å²) in [6, 6.07) is 0. The first-order chi connectivity index (χ1) is 6.22. The van der Waals surface area contributed by atoms with Gasteiger partial charge in [-0.05, 0) is 43.9 Å². The smallest absolute Gasteiger partial charge is 0.0650 e. The SMILES string of the molecule is CCC1CCC(O)(CC2CC2)CC1. The zero-order valence-corrected chi connectivity index (χ0v) is 8.76. The minimum absolute atomic E-state index is 0.257. The molecule has 2 aliphatic rings. The monoisotopic (exact) mass is 182 g/mol. The summed E-state index contributed by atoms with van der Waals surface area (Å²) in [4.78, 5) is 0. The fourth-order valence-corrected chi connectivity index (χ4v) is 2.69. The van der Waals surface area contributed by atoms with E-state index in [1.54, 1.807) is 0 Å². The summed E-state index contributed by atoms with van der Waals surface area (Å²) in [6.45, 7) is 2.27. The van der Waals surface area contributed by atoms with Crippen LogP contribution in [-0.2, 0) is 0 Å². The van der Waals surface area contributed by atoms with Gasteiger partial charge in [-0.1, -0.05) is 26.2 Å². The molecule has 76 valence electrons. The van der Waals surface area contributed by atoms with Crippen LogP contribution in [0.5, 0.6) is 0 Å². The molecule has 0 aliphatic heterocycles. The van der Waals surface area contributed by atoms with Crippen molar-refractivity contribution in [1.29, 1.82) is 0 Å². The zero-order chi connectivity index (χ0) is 9.31. The van der Waals surface area contributed by atoms with E-state index in [1.807, 2.05) is 0 Å². The topological polar surface area (TPSA) is 20.2 Å². The summed E-state index contributed by atoms with van der Waals surface area (Å²) in [5, 5.41) is 10.3. The molecule has 0 bridgehead atoms. The maximum atomic E-state index is 10.3. The van der Waals surface area contributed by atoms with E-state index >= 15 is 0 Å². The van der Waals surface area contributed by atoms with Crippen molar-refractivity contribution in [3.05, 3.63) is 0 Å². The average Bonchev–Trinajstić information content (AvgIpc) is 2.89. The van der Waals surface area contributed by atoms with Crippen molar-refractivity contribution >= 4 is 0 Å². The van der Waals surface area contributed by atoms with Crippen LogP contribution in [0.4, 0.5) is 0 Å². The predicted octanol–water partition coefficient (Wildman–Crippen LogP) is 3.12. The Hall–Kier alpha value is -0.0400. The van der Waals surface area contributed by atoms with Crippen molar-refractivity contribution in [3.8, 4) is 0 Å². The molecule has 2 saturated carbocycles. The Bertz CT molecular complexity index is 164. The van der Waals surface area contributed by atoms with Crippen LogP contribution in [0.15, 0.2) is 0 Å². The van der Waals surface area contributed by atoms with Crippen LogP contribution in [0.3, 0.4) is 0 Å². The standard InChI is InChI=1S/C12H22O/c1-2-10-5-7-12(13,8-6-10)9-11-3-4-11/h10-11,13H,2-9H2,1H3. The first kappa shape index (κ1) is 9.51. The van der Waals surface area contributed by atoms with Gasteiger partial charge in [0, 0.05) is 0 Å². The minimum atomic E-state index is -0.257. The van der Waals surface area contributed by atoms with Gasteiger partial charge in [0.1, 0.15) is 0 Å². The fraction of sp³-hybridized carbons (Fsp3) is 1.00. The Morgan fingerprint density at radius 1 is 1.08 bits per heavy atom. The molecule has 0 amide bonds. The highest BCUT2D eigenvalue weighted by Crippen LogP contribution is 2.43. The van der Waals surface area contributed by atoms with Crippen LogP contribution in [0, 0.1) is 11.8 Å². The summed E-state index contributed by atoms with van der Waals surface area (Å²) in [5.74, 6) is 1.78. The molecule has 1 nitrogen and oxygen atoms in total. The summed E-state index contributed by atoms with van der Waals surface area (Å²) in [5.41, 5.74) is -0.257. The molecule has 1 N–H and O–H groups in total. The van der Waals surface area contributed by atoms with Gasteiger partial charge in [0.25, 0.3) is 0 Å². The Morgan fingerprint density at radius 2 is 1.69 bits per heavy atom. The molecule has 0 aromatic heterocycles. The lowest BCUT2D eigenvalue weighted by molar-refractivity contribution is -0.0213. The predicted molar refractivity (Wildman–Crippen MR) is 54.5 cm³/mol. The molecule has 0 atom stereocenters. The summed E-state index contributed by atoms with van der Waals surface area (Å²) in [6.07, 6.45) is 9.82. The maximum absolute atomic E-state index is 10.3. The van der Waals surface area contributed by atoms with Gasteiger partial charge < -0.3 is 5.11 Å². The van der Waals surface area contributed by atoms with Crippen molar-refractivity contribution < 1.29 is 5.11 Å². The number of aliphatic hydroxyl groups is 1. The zero-order valence-electron chi connectivity index (χ0n) is 8.76. The molecule has 0 radical (unpaired) electrons. The van der Waals surface area contributed by atoms with Gasteiger partial charge >= 0.3 is 0 Å². The van der Waals surface area contributed by atoms with E-state index in [2.05, 4.69) is 6.92 Å². The van der Waals surface area contributed by atoms with E-state index in [1.165, 1.54) is 32.1 Å². The Kier molecular flexibility index (Phi) is 2.64. The van der Waals surface area contributed by atoms with E-state index in [4.69, 9.17) is 0 Å². The molecule has 0 unspecified atom stereocenters. The van der Waals surface area contributed by atoms with Crippen LogP contribution >= 0.6 is 0 Å². The van der Waals surface area contributed by atoms with Gasteiger partial charge in [-0.2, -0.15) is 0 Å². The molecular weight excluding hydrogens is 160 g/mol.